The van der Waals surface area contributed by atoms with Crippen LogP contribution in [0.4, 0.5) is 0 Å². The number of carbonyl (C=O) groups excluding carboxylic acids is 1. The van der Waals surface area contributed by atoms with Crippen LogP contribution in [-0.2, 0) is 0 Å². The highest BCUT2D eigenvalue weighted by atomic mass is 16.5. The molecule has 0 N–H and O–H groups in total. The van der Waals surface area contributed by atoms with Gasteiger partial charge in [-0.2, -0.15) is 0 Å². The fourth-order valence-corrected chi connectivity index (χ4v) is 3.02. The highest BCUT2D eigenvalue weighted by Gasteiger charge is 2.26. The molecule has 0 radical (unpaired) electrons. The van der Waals surface area contributed by atoms with Crippen molar-refractivity contribution in [1.82, 2.24) is 15.1 Å². The highest BCUT2D eigenvalue weighted by molar-refractivity contribution is 5.95. The molecule has 1 aromatic heterocycles. The Bertz CT molecular complexity index is 781. The van der Waals surface area contributed by atoms with Crippen molar-refractivity contribution in [2.75, 3.05) is 34.4 Å². The minimum atomic E-state index is -0.134. The minimum absolute atomic E-state index is 0.0648. The van der Waals surface area contributed by atoms with Gasteiger partial charge < -0.3 is 23.8 Å². The number of rotatable bonds is 6. The van der Waals surface area contributed by atoms with Crippen molar-refractivity contribution in [1.29, 1.82) is 0 Å². The third kappa shape index (κ3) is 4.39. The third-order valence-corrected chi connectivity index (χ3v) is 4.41. The zero-order valence-electron chi connectivity index (χ0n) is 15.7. The summed E-state index contributed by atoms with van der Waals surface area (Å²) in [6.45, 7) is 1.17. The molecule has 1 aromatic carbocycles. The molecule has 8 nitrogen and oxygen atoms in total. The van der Waals surface area contributed by atoms with Crippen LogP contribution in [0.25, 0.3) is 0 Å². The topological polar surface area (TPSA) is 83.0 Å². The number of methoxy groups -OCH3 is 3. The number of benzene rings is 1. The van der Waals surface area contributed by atoms with Gasteiger partial charge in [0, 0.05) is 24.2 Å². The largest absolute Gasteiger partial charge is 0.493 e. The minimum Gasteiger partial charge on any atom is -0.493 e. The van der Waals surface area contributed by atoms with Crippen molar-refractivity contribution in [2.45, 2.75) is 18.9 Å². The van der Waals surface area contributed by atoms with E-state index < -0.39 is 0 Å². The quantitative estimate of drug-likeness (QED) is 0.767. The van der Waals surface area contributed by atoms with E-state index in [4.69, 9.17) is 18.9 Å². The molecule has 1 atom stereocenters. The highest BCUT2D eigenvalue weighted by Crippen LogP contribution is 2.28. The van der Waals surface area contributed by atoms with Gasteiger partial charge in [-0.3, -0.25) is 4.79 Å². The van der Waals surface area contributed by atoms with Crippen molar-refractivity contribution < 1.29 is 23.7 Å². The molecule has 27 heavy (non-hydrogen) atoms. The van der Waals surface area contributed by atoms with E-state index in [-0.39, 0.29) is 12.0 Å². The number of carbonyl (C=O) groups is 1. The molecule has 0 saturated carbocycles. The molecule has 8 heteroatoms. The van der Waals surface area contributed by atoms with E-state index in [0.29, 0.717) is 41.9 Å². The van der Waals surface area contributed by atoms with Crippen molar-refractivity contribution in [3.63, 3.8) is 0 Å². The Labute approximate surface area is 158 Å². The van der Waals surface area contributed by atoms with Crippen molar-refractivity contribution in [3.8, 4) is 23.3 Å². The fourth-order valence-electron chi connectivity index (χ4n) is 3.02. The molecule has 0 spiro atoms. The number of hydrogen-bond donors (Lipinski definition) is 0. The van der Waals surface area contributed by atoms with Crippen molar-refractivity contribution in [2.24, 2.45) is 0 Å². The molecule has 2 aromatic rings. The van der Waals surface area contributed by atoms with Crippen molar-refractivity contribution >= 4 is 5.91 Å². The van der Waals surface area contributed by atoms with Gasteiger partial charge in [0.25, 0.3) is 5.91 Å². The molecule has 1 unspecified atom stereocenters. The summed E-state index contributed by atoms with van der Waals surface area (Å²) in [4.78, 5) is 14.7. The van der Waals surface area contributed by atoms with Gasteiger partial charge in [-0.05, 0) is 31.0 Å². The Hall–Kier alpha value is -3.03. The standard InChI is InChI=1S/C19H23N3O5/c1-24-15-7-6-13(11-16(15)25-2)19(23)22-10-4-5-14(12-22)27-18-9-8-17(26-3)20-21-18/h6-9,11,14H,4-5,10,12H2,1-3H3. The summed E-state index contributed by atoms with van der Waals surface area (Å²) < 4.78 is 21.4. The van der Waals surface area contributed by atoms with E-state index in [1.807, 2.05) is 0 Å². The summed E-state index contributed by atoms with van der Waals surface area (Å²) in [6, 6.07) is 8.57. The van der Waals surface area contributed by atoms with Crippen LogP contribution >= 0.6 is 0 Å². The van der Waals surface area contributed by atoms with Crippen LogP contribution in [0, 0.1) is 0 Å². The Morgan fingerprint density at radius 3 is 2.41 bits per heavy atom. The fraction of sp³-hybridized carbons (Fsp3) is 0.421. The van der Waals surface area contributed by atoms with Gasteiger partial charge in [0.1, 0.15) is 6.10 Å². The summed E-state index contributed by atoms with van der Waals surface area (Å²) in [6.07, 6.45) is 1.57. The normalized spacial score (nSPS) is 16.6. The molecule has 0 aliphatic carbocycles. The summed E-state index contributed by atoms with van der Waals surface area (Å²) in [5.74, 6) is 1.90. The van der Waals surface area contributed by atoms with Gasteiger partial charge in [0.15, 0.2) is 11.5 Å². The van der Waals surface area contributed by atoms with Gasteiger partial charge in [-0.1, -0.05) is 0 Å². The molecule has 1 saturated heterocycles. The van der Waals surface area contributed by atoms with Crippen LogP contribution < -0.4 is 18.9 Å². The Kier molecular flexibility index (Phi) is 5.95. The first-order chi connectivity index (χ1) is 13.1. The molecule has 1 aliphatic rings. The molecular weight excluding hydrogens is 350 g/mol. The second kappa shape index (κ2) is 8.57. The lowest BCUT2D eigenvalue weighted by molar-refractivity contribution is 0.0525. The molecular formula is C19H23N3O5. The molecule has 3 rings (SSSR count). The molecule has 1 fully saturated rings. The predicted octanol–water partition coefficient (Wildman–Crippen LogP) is 2.19. The Morgan fingerprint density at radius 2 is 1.74 bits per heavy atom. The van der Waals surface area contributed by atoms with Gasteiger partial charge in [0.2, 0.25) is 11.8 Å². The van der Waals surface area contributed by atoms with Crippen LogP contribution in [0.15, 0.2) is 30.3 Å². The predicted molar refractivity (Wildman–Crippen MR) is 97.7 cm³/mol. The third-order valence-electron chi connectivity index (χ3n) is 4.41. The maximum Gasteiger partial charge on any atom is 0.254 e. The van der Waals surface area contributed by atoms with E-state index in [2.05, 4.69) is 10.2 Å². The average molecular weight is 373 g/mol. The monoisotopic (exact) mass is 373 g/mol. The van der Waals surface area contributed by atoms with Gasteiger partial charge in [-0.15, -0.1) is 10.2 Å². The first kappa shape index (κ1) is 18.8. The number of piperidine rings is 1. The molecule has 144 valence electrons. The van der Waals surface area contributed by atoms with E-state index in [1.165, 1.54) is 7.11 Å². The van der Waals surface area contributed by atoms with E-state index in [1.54, 1.807) is 49.5 Å². The average Bonchev–Trinajstić information content (AvgIpc) is 2.73. The summed E-state index contributed by atoms with van der Waals surface area (Å²) >= 11 is 0. The Morgan fingerprint density at radius 1 is 1.00 bits per heavy atom. The van der Waals surface area contributed by atoms with Crippen LogP contribution in [0.1, 0.15) is 23.2 Å². The second-order valence-corrected chi connectivity index (χ2v) is 6.12. The molecule has 0 bridgehead atoms. The van der Waals surface area contributed by atoms with Crippen LogP contribution in [0.5, 0.6) is 23.3 Å². The van der Waals surface area contributed by atoms with E-state index in [0.717, 1.165) is 12.8 Å². The number of likely N-dealkylation sites (tertiary alicyclic amines) is 1. The zero-order chi connectivity index (χ0) is 19.2. The number of aromatic nitrogens is 2. The van der Waals surface area contributed by atoms with Gasteiger partial charge in [0.05, 0.1) is 27.9 Å². The maximum atomic E-state index is 12.9. The molecule has 1 aliphatic heterocycles. The lowest BCUT2D eigenvalue weighted by Gasteiger charge is -2.32. The van der Waals surface area contributed by atoms with Gasteiger partial charge >= 0.3 is 0 Å². The van der Waals surface area contributed by atoms with Crippen LogP contribution in [0.3, 0.4) is 0 Å². The molecule has 1 amide bonds. The SMILES string of the molecule is COc1ccc(OC2CCCN(C(=O)c3ccc(OC)c(OC)c3)C2)nn1. The summed E-state index contributed by atoms with van der Waals surface area (Å²) in [5.41, 5.74) is 0.553. The Balaban J connectivity index is 1.67. The maximum absolute atomic E-state index is 12.9. The number of hydrogen-bond acceptors (Lipinski definition) is 7. The number of amides is 1. The first-order valence-corrected chi connectivity index (χ1v) is 8.70. The number of nitrogens with zero attached hydrogens (tertiary/aromatic N) is 3. The van der Waals surface area contributed by atoms with Crippen LogP contribution in [0.2, 0.25) is 0 Å². The van der Waals surface area contributed by atoms with Crippen molar-refractivity contribution in [3.05, 3.63) is 35.9 Å². The summed E-state index contributed by atoms with van der Waals surface area (Å²) in [5, 5.41) is 7.88. The molecule has 2 heterocycles. The summed E-state index contributed by atoms with van der Waals surface area (Å²) in [7, 11) is 4.64. The van der Waals surface area contributed by atoms with Gasteiger partial charge in [-0.25, -0.2) is 0 Å². The lowest BCUT2D eigenvalue weighted by atomic mass is 10.1. The zero-order valence-corrected chi connectivity index (χ0v) is 15.7. The number of ether oxygens (including phenoxy) is 4. The second-order valence-electron chi connectivity index (χ2n) is 6.12. The van der Waals surface area contributed by atoms with E-state index >= 15 is 0 Å². The smallest absolute Gasteiger partial charge is 0.254 e. The lowest BCUT2D eigenvalue weighted by Crippen LogP contribution is -2.44. The van der Waals surface area contributed by atoms with Crippen LogP contribution in [-0.4, -0.2) is 61.5 Å². The van der Waals surface area contributed by atoms with E-state index in [9.17, 15) is 4.79 Å². The first-order valence-electron chi connectivity index (χ1n) is 8.70.